The van der Waals surface area contributed by atoms with Crippen molar-refractivity contribution >= 4 is 44.3 Å². The number of hydrogen-bond acceptors (Lipinski definition) is 7. The number of ether oxygens (including phenoxy) is 1. The minimum absolute atomic E-state index is 0.0154. The van der Waals surface area contributed by atoms with Crippen molar-refractivity contribution in [2.45, 2.75) is 6.42 Å². The van der Waals surface area contributed by atoms with Crippen LogP contribution in [0.15, 0.2) is 124 Å². The van der Waals surface area contributed by atoms with Crippen LogP contribution in [0, 0.1) is 0 Å². The largest absolute Gasteiger partial charge is 0.486 e. The van der Waals surface area contributed by atoms with E-state index >= 15 is 0 Å². The van der Waals surface area contributed by atoms with E-state index in [1.165, 1.54) is 6.07 Å². The van der Waals surface area contributed by atoms with Crippen LogP contribution in [0.3, 0.4) is 0 Å². The molecule has 5 rings (SSSR count). The van der Waals surface area contributed by atoms with Crippen molar-refractivity contribution in [2.24, 2.45) is 0 Å². The van der Waals surface area contributed by atoms with Gasteiger partial charge in [0.1, 0.15) is 5.58 Å². The van der Waals surface area contributed by atoms with Crippen molar-refractivity contribution in [2.75, 3.05) is 13.2 Å². The molecule has 0 radical (unpaired) electrons. The van der Waals surface area contributed by atoms with Gasteiger partial charge in [-0.2, -0.15) is 13.1 Å². The van der Waals surface area contributed by atoms with Crippen molar-refractivity contribution in [1.29, 1.82) is 0 Å². The van der Waals surface area contributed by atoms with Gasteiger partial charge in [0, 0.05) is 22.5 Å². The molecule has 8 nitrogen and oxygen atoms in total. The molecule has 0 aliphatic carbocycles. The molecule has 10 heteroatoms. The van der Waals surface area contributed by atoms with Gasteiger partial charge in [0.05, 0.1) is 11.9 Å². The van der Waals surface area contributed by atoms with Crippen molar-refractivity contribution in [1.82, 2.24) is 4.72 Å². The first-order valence-electron chi connectivity index (χ1n) is 12.5. The van der Waals surface area contributed by atoms with Crippen LogP contribution in [-0.2, 0) is 14.9 Å². The number of hydrogen-bond donors (Lipinski definition) is 1. The van der Waals surface area contributed by atoms with E-state index in [1.807, 2.05) is 18.2 Å². The highest BCUT2D eigenvalue weighted by atomic mass is 32.2. The van der Waals surface area contributed by atoms with Gasteiger partial charge in [-0.15, -0.1) is 0 Å². The average Bonchev–Trinajstić information content (AvgIpc) is 2.97. The molecule has 0 saturated carbocycles. The minimum Gasteiger partial charge on any atom is -0.486 e. The summed E-state index contributed by atoms with van der Waals surface area (Å²) in [5, 5.41) is 2.09. The zero-order valence-corrected chi connectivity index (χ0v) is 23.0. The van der Waals surface area contributed by atoms with E-state index in [0.717, 1.165) is 0 Å². The number of para-hydroxylation sites is 2. The Kier molecular flexibility index (Phi) is 8.16. The Hall–Kier alpha value is -4.17. The number of rotatable bonds is 11. The van der Waals surface area contributed by atoms with E-state index in [2.05, 4.69) is 4.72 Å². The van der Waals surface area contributed by atoms with Gasteiger partial charge < -0.3 is 17.9 Å². The highest BCUT2D eigenvalue weighted by molar-refractivity contribution is 7.86. The Morgan fingerprint density at radius 3 is 2.05 bits per heavy atom. The molecular weight excluding hydrogens is 549 g/mol. The molecule has 1 aromatic heterocycles. The molecular formula is C30H26NO7PS. The molecule has 0 spiro atoms. The highest BCUT2D eigenvalue weighted by Gasteiger charge is 2.33. The summed E-state index contributed by atoms with van der Waals surface area (Å²) in [5.41, 5.74) is -0.158. The monoisotopic (exact) mass is 575 g/mol. The fourth-order valence-electron chi connectivity index (χ4n) is 4.23. The molecule has 5 aromatic rings. The Morgan fingerprint density at radius 2 is 1.35 bits per heavy atom. The Morgan fingerprint density at radius 1 is 0.750 bits per heavy atom. The SMILES string of the molecule is O=c1oc2ccccc2cc1OCCCNS(=O)(=O)Oc1ccccc1P(=O)(c1ccccc1)c1ccccc1. The van der Waals surface area contributed by atoms with Gasteiger partial charge >= 0.3 is 15.9 Å². The van der Waals surface area contributed by atoms with Crippen LogP contribution in [0.4, 0.5) is 0 Å². The van der Waals surface area contributed by atoms with Crippen LogP contribution >= 0.6 is 7.14 Å². The number of benzene rings is 4. The second-order valence-corrected chi connectivity index (χ2v) is 12.9. The molecule has 0 aliphatic rings. The first kappa shape index (κ1) is 27.4. The molecule has 1 heterocycles. The van der Waals surface area contributed by atoms with Gasteiger partial charge in [-0.25, -0.2) is 4.79 Å². The number of fused-ring (bicyclic) bond motifs is 1. The Balaban J connectivity index is 1.29. The van der Waals surface area contributed by atoms with E-state index in [9.17, 15) is 17.8 Å². The first-order valence-corrected chi connectivity index (χ1v) is 15.6. The molecule has 0 unspecified atom stereocenters. The molecule has 0 bridgehead atoms. The summed E-state index contributed by atoms with van der Waals surface area (Å²) in [6.07, 6.45) is 0.253. The zero-order valence-electron chi connectivity index (χ0n) is 21.3. The lowest BCUT2D eigenvalue weighted by atomic mass is 10.2. The lowest BCUT2D eigenvalue weighted by Crippen LogP contribution is -2.33. The molecule has 0 saturated heterocycles. The maximum Gasteiger partial charge on any atom is 0.382 e. The minimum atomic E-state index is -4.27. The quantitative estimate of drug-likeness (QED) is 0.143. The van der Waals surface area contributed by atoms with Crippen molar-refractivity contribution in [3.05, 3.63) is 126 Å². The van der Waals surface area contributed by atoms with Crippen molar-refractivity contribution < 1.29 is 26.3 Å². The van der Waals surface area contributed by atoms with Crippen molar-refractivity contribution in [3.8, 4) is 11.5 Å². The first-order chi connectivity index (χ1) is 19.4. The smallest absolute Gasteiger partial charge is 0.382 e. The lowest BCUT2D eigenvalue weighted by molar-refractivity contribution is 0.296. The predicted octanol–water partition coefficient (Wildman–Crippen LogP) is 4.11. The van der Waals surface area contributed by atoms with E-state index in [4.69, 9.17) is 13.3 Å². The normalized spacial score (nSPS) is 11.8. The summed E-state index contributed by atoms with van der Waals surface area (Å²) < 4.78 is 59.0. The molecule has 0 amide bonds. The molecule has 204 valence electrons. The summed E-state index contributed by atoms with van der Waals surface area (Å²) in [6, 6.07) is 32.9. The third-order valence-electron chi connectivity index (χ3n) is 6.11. The van der Waals surface area contributed by atoms with Gasteiger partial charge in [-0.3, -0.25) is 0 Å². The summed E-state index contributed by atoms with van der Waals surface area (Å²) in [6.45, 7) is 0.0534. The van der Waals surface area contributed by atoms with Crippen LogP contribution in [0.1, 0.15) is 6.42 Å². The van der Waals surface area contributed by atoms with Crippen LogP contribution in [0.25, 0.3) is 11.0 Å². The van der Waals surface area contributed by atoms with Crippen LogP contribution in [-0.4, -0.2) is 21.6 Å². The van der Waals surface area contributed by atoms with Crippen LogP contribution in [0.5, 0.6) is 11.5 Å². The van der Waals surface area contributed by atoms with E-state index in [-0.39, 0.29) is 36.4 Å². The van der Waals surface area contributed by atoms with Crippen LogP contribution < -0.4 is 35.2 Å². The summed E-state index contributed by atoms with van der Waals surface area (Å²) in [4.78, 5) is 12.1. The van der Waals surface area contributed by atoms with E-state index in [0.29, 0.717) is 21.6 Å². The molecule has 0 aliphatic heterocycles. The molecule has 4 aromatic carbocycles. The van der Waals surface area contributed by atoms with E-state index < -0.39 is 23.1 Å². The maximum atomic E-state index is 14.7. The van der Waals surface area contributed by atoms with E-state index in [1.54, 1.807) is 91.0 Å². The second kappa shape index (κ2) is 11.9. The zero-order chi connectivity index (χ0) is 28.0. The van der Waals surface area contributed by atoms with Gasteiger partial charge in [0.15, 0.2) is 12.9 Å². The third kappa shape index (κ3) is 6.02. The van der Waals surface area contributed by atoms with Crippen LogP contribution in [0.2, 0.25) is 0 Å². The summed E-state index contributed by atoms with van der Waals surface area (Å²) in [5.74, 6) is 0.0142. The van der Waals surface area contributed by atoms with Gasteiger partial charge in [-0.1, -0.05) is 91.0 Å². The van der Waals surface area contributed by atoms with Crippen molar-refractivity contribution in [3.63, 3.8) is 0 Å². The number of nitrogens with one attached hydrogen (secondary N) is 1. The topological polar surface area (TPSA) is 112 Å². The molecule has 1 N–H and O–H groups in total. The molecule has 0 fully saturated rings. The summed E-state index contributed by atoms with van der Waals surface area (Å²) in [7, 11) is -7.74. The maximum absolute atomic E-state index is 14.7. The summed E-state index contributed by atoms with van der Waals surface area (Å²) >= 11 is 0. The standard InChI is InChI=1S/C30H26NO7PS/c32-30-28(22-23-12-7-8-17-26(23)37-30)36-21-11-20-31-40(34,35)38-27-18-9-10-19-29(27)39(33,24-13-3-1-4-14-24)25-15-5-2-6-16-25/h1-10,12-19,22,31H,11,20-21H2. The third-order valence-corrected chi connectivity index (χ3v) is 10.2. The second-order valence-electron chi connectivity index (χ2n) is 8.82. The molecule has 40 heavy (non-hydrogen) atoms. The Labute approximate surface area is 231 Å². The van der Waals surface area contributed by atoms with Gasteiger partial charge in [0.2, 0.25) is 5.75 Å². The molecule has 0 atom stereocenters. The fourth-order valence-corrected chi connectivity index (χ4v) is 7.90. The fraction of sp³-hybridized carbons (Fsp3) is 0.100. The van der Waals surface area contributed by atoms with Gasteiger partial charge in [0.25, 0.3) is 0 Å². The predicted molar refractivity (Wildman–Crippen MR) is 156 cm³/mol. The van der Waals surface area contributed by atoms with Gasteiger partial charge in [-0.05, 0) is 30.7 Å². The highest BCUT2D eigenvalue weighted by Crippen LogP contribution is 2.45. The Bertz CT molecular complexity index is 1780. The average molecular weight is 576 g/mol. The lowest BCUT2D eigenvalue weighted by Gasteiger charge is -2.22.